The molecule has 0 spiro atoms. The number of aromatic nitrogens is 2. The van der Waals surface area contributed by atoms with Crippen molar-refractivity contribution in [1.29, 1.82) is 0 Å². The van der Waals surface area contributed by atoms with Gasteiger partial charge in [-0.3, -0.25) is 4.79 Å². The number of sulfone groups is 1. The van der Waals surface area contributed by atoms with Crippen LogP contribution in [0, 0.1) is 0 Å². The predicted octanol–water partition coefficient (Wildman–Crippen LogP) is 3.55. The second-order valence-corrected chi connectivity index (χ2v) is 11.0. The highest BCUT2D eigenvalue weighted by Crippen LogP contribution is 2.30. The summed E-state index contributed by atoms with van der Waals surface area (Å²) < 4.78 is 26.7. The van der Waals surface area contributed by atoms with E-state index in [-0.39, 0.29) is 23.3 Å². The molecule has 1 aromatic carbocycles. The number of carbonyl (C=O) groups is 1. The number of amides is 1. The van der Waals surface area contributed by atoms with Crippen LogP contribution in [-0.4, -0.2) is 53.4 Å². The molecule has 1 aliphatic rings. The zero-order valence-electron chi connectivity index (χ0n) is 16.5. The third-order valence-corrected chi connectivity index (χ3v) is 8.40. The molecule has 3 heterocycles. The normalized spacial score (nSPS) is 15.8. The molecular weight excluding hydrogens is 406 g/mol. The van der Waals surface area contributed by atoms with Crippen LogP contribution >= 0.6 is 11.3 Å². The third kappa shape index (κ3) is 4.38. The minimum atomic E-state index is -3.01. The maximum absolute atomic E-state index is 12.9. The number of carbonyl (C=O) groups excluding carboxylic acids is 1. The Morgan fingerprint density at radius 1 is 1.24 bits per heavy atom. The van der Waals surface area contributed by atoms with Crippen LogP contribution in [0.3, 0.4) is 0 Å². The molecule has 0 atom stereocenters. The maximum atomic E-state index is 12.9. The molecule has 1 saturated heterocycles. The van der Waals surface area contributed by atoms with Crippen molar-refractivity contribution in [1.82, 2.24) is 14.5 Å². The lowest BCUT2D eigenvalue weighted by atomic mass is 9.95. The standard InChI is InChI=1S/C21H25N3O3S2/c1-2-29(26,27)14-13-23-12-9-22-20(23)16-7-10-24(11-8-16)21(25)19-15-17-5-3-4-6-18(17)28-19/h3-6,9,12,15-16H,2,7-8,10-11,13-14H2,1H3. The van der Waals surface area contributed by atoms with E-state index in [0.29, 0.717) is 19.6 Å². The van der Waals surface area contributed by atoms with Gasteiger partial charge in [0.25, 0.3) is 5.91 Å². The first-order valence-corrected chi connectivity index (χ1v) is 12.6. The van der Waals surface area contributed by atoms with Gasteiger partial charge in [-0.15, -0.1) is 11.3 Å². The molecule has 0 bridgehead atoms. The van der Waals surface area contributed by atoms with Gasteiger partial charge in [-0.1, -0.05) is 25.1 Å². The highest BCUT2D eigenvalue weighted by molar-refractivity contribution is 7.91. The Morgan fingerprint density at radius 3 is 2.72 bits per heavy atom. The van der Waals surface area contributed by atoms with Crippen LogP contribution in [0.25, 0.3) is 10.1 Å². The molecule has 1 fully saturated rings. The second kappa shape index (κ2) is 8.28. The molecule has 1 aliphatic heterocycles. The van der Waals surface area contributed by atoms with Gasteiger partial charge >= 0.3 is 0 Å². The van der Waals surface area contributed by atoms with Gasteiger partial charge in [0, 0.05) is 48.4 Å². The quantitative estimate of drug-likeness (QED) is 0.598. The summed E-state index contributed by atoms with van der Waals surface area (Å²) in [5.41, 5.74) is 0. The van der Waals surface area contributed by atoms with E-state index in [0.717, 1.165) is 33.6 Å². The Balaban J connectivity index is 1.40. The zero-order valence-corrected chi connectivity index (χ0v) is 18.1. The first kappa shape index (κ1) is 20.1. The molecule has 29 heavy (non-hydrogen) atoms. The van der Waals surface area contributed by atoms with Crippen LogP contribution < -0.4 is 0 Å². The topological polar surface area (TPSA) is 72.3 Å². The van der Waals surface area contributed by atoms with Crippen molar-refractivity contribution >= 4 is 37.2 Å². The summed E-state index contributed by atoms with van der Waals surface area (Å²) in [5, 5.41) is 1.11. The van der Waals surface area contributed by atoms with Gasteiger partial charge in [-0.05, 0) is 30.4 Å². The number of hydrogen-bond donors (Lipinski definition) is 0. The second-order valence-electron chi connectivity index (χ2n) is 7.43. The van der Waals surface area contributed by atoms with E-state index in [1.54, 1.807) is 24.5 Å². The summed E-state index contributed by atoms with van der Waals surface area (Å²) in [4.78, 5) is 20.1. The number of benzene rings is 1. The molecule has 0 saturated carbocycles. The lowest BCUT2D eigenvalue weighted by Gasteiger charge is -2.31. The van der Waals surface area contributed by atoms with Crippen molar-refractivity contribution in [3.05, 3.63) is 53.4 Å². The number of rotatable bonds is 6. The number of nitrogens with zero attached hydrogens (tertiary/aromatic N) is 3. The van der Waals surface area contributed by atoms with Gasteiger partial charge in [-0.25, -0.2) is 13.4 Å². The average molecular weight is 432 g/mol. The molecule has 0 unspecified atom stereocenters. The first-order valence-electron chi connectivity index (χ1n) is 9.96. The van der Waals surface area contributed by atoms with E-state index >= 15 is 0 Å². The Kier molecular flexibility index (Phi) is 5.74. The number of imidazole rings is 1. The van der Waals surface area contributed by atoms with Gasteiger partial charge in [-0.2, -0.15) is 0 Å². The van der Waals surface area contributed by atoms with Crippen LogP contribution in [0.5, 0.6) is 0 Å². The van der Waals surface area contributed by atoms with E-state index in [2.05, 4.69) is 4.98 Å². The number of hydrogen-bond acceptors (Lipinski definition) is 5. The van der Waals surface area contributed by atoms with Crippen LogP contribution in [0.15, 0.2) is 42.7 Å². The van der Waals surface area contributed by atoms with Crippen molar-refractivity contribution in [2.45, 2.75) is 32.2 Å². The van der Waals surface area contributed by atoms with Gasteiger partial charge in [0.05, 0.1) is 10.6 Å². The molecule has 0 aliphatic carbocycles. The van der Waals surface area contributed by atoms with Crippen molar-refractivity contribution in [2.75, 3.05) is 24.6 Å². The predicted molar refractivity (Wildman–Crippen MR) is 116 cm³/mol. The summed E-state index contributed by atoms with van der Waals surface area (Å²) in [5.74, 6) is 1.58. The Morgan fingerprint density at radius 2 is 2.00 bits per heavy atom. The fourth-order valence-corrected chi connectivity index (χ4v) is 5.63. The molecule has 3 aromatic rings. The summed E-state index contributed by atoms with van der Waals surface area (Å²) >= 11 is 1.55. The fourth-order valence-electron chi connectivity index (χ4n) is 3.84. The van der Waals surface area contributed by atoms with Gasteiger partial charge < -0.3 is 9.47 Å². The summed E-state index contributed by atoms with van der Waals surface area (Å²) in [6.07, 6.45) is 5.28. The minimum Gasteiger partial charge on any atom is -0.338 e. The highest BCUT2D eigenvalue weighted by atomic mass is 32.2. The first-order chi connectivity index (χ1) is 14.0. The summed E-state index contributed by atoms with van der Waals surface area (Å²) in [7, 11) is -3.01. The Bertz CT molecular complexity index is 1080. The van der Waals surface area contributed by atoms with E-state index in [9.17, 15) is 13.2 Å². The summed E-state index contributed by atoms with van der Waals surface area (Å²) in [6.45, 7) is 3.50. The average Bonchev–Trinajstić information content (AvgIpc) is 3.39. The number of fused-ring (bicyclic) bond motifs is 1. The Hall–Kier alpha value is -2.19. The van der Waals surface area contributed by atoms with Crippen molar-refractivity contribution in [3.63, 3.8) is 0 Å². The lowest BCUT2D eigenvalue weighted by Crippen LogP contribution is -2.38. The zero-order chi connectivity index (χ0) is 20.4. The molecule has 6 nitrogen and oxygen atoms in total. The number of piperidine rings is 1. The molecule has 2 aromatic heterocycles. The third-order valence-electron chi connectivity index (χ3n) is 5.61. The van der Waals surface area contributed by atoms with Crippen LogP contribution in [0.4, 0.5) is 0 Å². The largest absolute Gasteiger partial charge is 0.338 e. The van der Waals surface area contributed by atoms with Crippen molar-refractivity contribution in [3.8, 4) is 0 Å². The molecule has 154 valence electrons. The number of aryl methyl sites for hydroxylation is 1. The van der Waals surface area contributed by atoms with Crippen LogP contribution in [-0.2, 0) is 16.4 Å². The fraction of sp³-hybridized carbons (Fsp3) is 0.429. The van der Waals surface area contributed by atoms with E-state index in [1.165, 1.54) is 0 Å². The van der Waals surface area contributed by atoms with E-state index < -0.39 is 9.84 Å². The van der Waals surface area contributed by atoms with E-state index in [4.69, 9.17) is 0 Å². The van der Waals surface area contributed by atoms with Crippen LogP contribution in [0.1, 0.15) is 41.2 Å². The SMILES string of the molecule is CCS(=O)(=O)CCn1ccnc1C1CCN(C(=O)c2cc3ccccc3s2)CC1. The van der Waals surface area contributed by atoms with Crippen LogP contribution in [0.2, 0.25) is 0 Å². The molecular formula is C21H25N3O3S2. The van der Waals surface area contributed by atoms with Gasteiger partial charge in [0.1, 0.15) is 5.82 Å². The maximum Gasteiger partial charge on any atom is 0.263 e. The molecule has 0 radical (unpaired) electrons. The van der Waals surface area contributed by atoms with Crippen molar-refractivity contribution < 1.29 is 13.2 Å². The molecule has 4 rings (SSSR count). The van der Waals surface area contributed by atoms with E-state index in [1.807, 2.05) is 46.0 Å². The number of thiophene rings is 1. The monoisotopic (exact) mass is 431 g/mol. The lowest BCUT2D eigenvalue weighted by molar-refractivity contribution is 0.0715. The summed E-state index contributed by atoms with van der Waals surface area (Å²) in [6, 6.07) is 10.0. The molecule has 8 heteroatoms. The minimum absolute atomic E-state index is 0.0991. The van der Waals surface area contributed by atoms with Gasteiger partial charge in [0.15, 0.2) is 9.84 Å². The number of likely N-dealkylation sites (tertiary alicyclic amines) is 1. The smallest absolute Gasteiger partial charge is 0.263 e. The highest BCUT2D eigenvalue weighted by Gasteiger charge is 2.28. The molecule has 1 amide bonds. The van der Waals surface area contributed by atoms with Gasteiger partial charge in [0.2, 0.25) is 0 Å². The van der Waals surface area contributed by atoms with Crippen molar-refractivity contribution in [2.24, 2.45) is 0 Å². The Labute approximate surface area is 175 Å². The molecule has 0 N–H and O–H groups in total.